The first-order valence-electron chi connectivity index (χ1n) is 9.03. The van der Waals surface area contributed by atoms with Crippen LogP contribution in [0.1, 0.15) is 11.1 Å². The van der Waals surface area contributed by atoms with Gasteiger partial charge in [0.2, 0.25) is 5.91 Å². The molecule has 132 valence electrons. The first-order valence-corrected chi connectivity index (χ1v) is 9.03. The molecule has 0 aliphatic heterocycles. The van der Waals surface area contributed by atoms with Crippen LogP contribution >= 0.6 is 0 Å². The molecule has 0 atom stereocenters. The van der Waals surface area contributed by atoms with Crippen LogP contribution in [-0.2, 0) is 17.8 Å². The molecule has 0 unspecified atom stereocenters. The number of rotatable bonds is 5. The van der Waals surface area contributed by atoms with E-state index in [2.05, 4.69) is 23.2 Å². The van der Waals surface area contributed by atoms with Gasteiger partial charge in [-0.2, -0.15) is 0 Å². The Balaban J connectivity index is 1.66. The molecule has 0 bridgehead atoms. The minimum atomic E-state index is 0.0360. The van der Waals surface area contributed by atoms with Crippen molar-refractivity contribution >= 4 is 22.5 Å². The number of aromatic nitrogens is 1. The third-order valence-electron chi connectivity index (χ3n) is 4.63. The minimum Gasteiger partial charge on any atom is -0.292 e. The number of fused-ring (bicyclic) bond motifs is 1. The fraction of sp³-hybridized carbons (Fsp3) is 0.0833. The van der Waals surface area contributed by atoms with Crippen LogP contribution in [0.2, 0.25) is 0 Å². The van der Waals surface area contributed by atoms with E-state index in [4.69, 9.17) is 0 Å². The Bertz CT molecular complexity index is 1040. The van der Waals surface area contributed by atoms with Crippen molar-refractivity contribution in [3.63, 3.8) is 0 Å². The van der Waals surface area contributed by atoms with E-state index in [-0.39, 0.29) is 5.91 Å². The Kier molecular flexibility index (Phi) is 4.93. The van der Waals surface area contributed by atoms with Crippen molar-refractivity contribution < 1.29 is 4.79 Å². The number of nitrogens with zero attached hydrogens (tertiary/aromatic N) is 2. The lowest BCUT2D eigenvalue weighted by Crippen LogP contribution is -2.32. The number of amides is 1. The molecule has 3 nitrogen and oxygen atoms in total. The highest BCUT2D eigenvalue weighted by Crippen LogP contribution is 2.21. The van der Waals surface area contributed by atoms with Gasteiger partial charge in [0.15, 0.2) is 0 Å². The molecule has 3 aromatic carbocycles. The van der Waals surface area contributed by atoms with E-state index in [0.29, 0.717) is 18.8 Å². The highest BCUT2D eigenvalue weighted by atomic mass is 16.2. The maximum atomic E-state index is 13.2. The fourth-order valence-electron chi connectivity index (χ4n) is 3.28. The quantitative estimate of drug-likeness (QED) is 0.506. The number of benzene rings is 3. The summed E-state index contributed by atoms with van der Waals surface area (Å²) in [4.78, 5) is 19.4. The summed E-state index contributed by atoms with van der Waals surface area (Å²) in [6.45, 7) is 0.501. The minimum absolute atomic E-state index is 0.0360. The molecule has 0 fully saturated rings. The third-order valence-corrected chi connectivity index (χ3v) is 4.63. The first kappa shape index (κ1) is 17.0. The summed E-state index contributed by atoms with van der Waals surface area (Å²) >= 11 is 0. The van der Waals surface area contributed by atoms with E-state index >= 15 is 0 Å². The summed E-state index contributed by atoms with van der Waals surface area (Å²) in [5, 5.41) is 2.27. The van der Waals surface area contributed by atoms with Gasteiger partial charge in [0.25, 0.3) is 0 Å². The van der Waals surface area contributed by atoms with E-state index in [0.717, 1.165) is 21.9 Å². The van der Waals surface area contributed by atoms with Crippen molar-refractivity contribution in [2.24, 2.45) is 0 Å². The normalized spacial score (nSPS) is 10.7. The summed E-state index contributed by atoms with van der Waals surface area (Å²) in [6.07, 6.45) is 2.06. The molecule has 0 radical (unpaired) electrons. The van der Waals surface area contributed by atoms with E-state index in [9.17, 15) is 4.79 Å². The van der Waals surface area contributed by atoms with Gasteiger partial charge in [-0.25, -0.2) is 4.98 Å². The van der Waals surface area contributed by atoms with E-state index in [1.807, 2.05) is 72.8 Å². The molecule has 1 amide bonds. The molecular weight excluding hydrogens is 332 g/mol. The number of pyridine rings is 1. The van der Waals surface area contributed by atoms with Crippen LogP contribution in [0, 0.1) is 0 Å². The first-order chi connectivity index (χ1) is 13.3. The lowest BCUT2D eigenvalue weighted by molar-refractivity contribution is -0.118. The molecule has 0 N–H and O–H groups in total. The van der Waals surface area contributed by atoms with E-state index in [1.165, 1.54) is 0 Å². The average Bonchev–Trinajstić information content (AvgIpc) is 2.73. The molecule has 4 rings (SSSR count). The van der Waals surface area contributed by atoms with E-state index < -0.39 is 0 Å². The number of carbonyl (C=O) groups is 1. The third kappa shape index (κ3) is 3.87. The predicted octanol–water partition coefficient (Wildman–Crippen LogP) is 5.01. The monoisotopic (exact) mass is 352 g/mol. The number of hydrogen-bond acceptors (Lipinski definition) is 2. The van der Waals surface area contributed by atoms with Gasteiger partial charge in [0.05, 0.1) is 13.0 Å². The van der Waals surface area contributed by atoms with Crippen molar-refractivity contribution in [3.05, 3.63) is 108 Å². The van der Waals surface area contributed by atoms with Gasteiger partial charge in [-0.3, -0.25) is 9.69 Å². The lowest BCUT2D eigenvalue weighted by atomic mass is 10.0. The smallest absolute Gasteiger partial charge is 0.232 e. The number of carbonyl (C=O) groups excluding carboxylic acids is 1. The molecule has 0 saturated carbocycles. The summed E-state index contributed by atoms with van der Waals surface area (Å²) < 4.78 is 0. The van der Waals surface area contributed by atoms with Gasteiger partial charge < -0.3 is 0 Å². The molecule has 0 saturated heterocycles. The van der Waals surface area contributed by atoms with Crippen molar-refractivity contribution in [1.29, 1.82) is 0 Å². The Morgan fingerprint density at radius 3 is 2.33 bits per heavy atom. The van der Waals surface area contributed by atoms with Crippen molar-refractivity contribution in [3.8, 4) is 0 Å². The van der Waals surface area contributed by atoms with Crippen LogP contribution in [0.4, 0.5) is 5.82 Å². The van der Waals surface area contributed by atoms with E-state index in [1.54, 1.807) is 11.1 Å². The van der Waals surface area contributed by atoms with Gasteiger partial charge in [0, 0.05) is 6.20 Å². The number of anilines is 1. The van der Waals surface area contributed by atoms with Crippen molar-refractivity contribution in [1.82, 2.24) is 4.98 Å². The summed E-state index contributed by atoms with van der Waals surface area (Å²) in [6, 6.07) is 29.9. The maximum Gasteiger partial charge on any atom is 0.232 e. The van der Waals surface area contributed by atoms with Gasteiger partial charge >= 0.3 is 0 Å². The summed E-state index contributed by atoms with van der Waals surface area (Å²) in [7, 11) is 0. The van der Waals surface area contributed by atoms with Crippen LogP contribution < -0.4 is 4.90 Å². The highest BCUT2D eigenvalue weighted by molar-refractivity contribution is 5.97. The molecule has 4 aromatic rings. The highest BCUT2D eigenvalue weighted by Gasteiger charge is 2.18. The fourth-order valence-corrected chi connectivity index (χ4v) is 3.28. The predicted molar refractivity (Wildman–Crippen MR) is 110 cm³/mol. The van der Waals surface area contributed by atoms with Crippen LogP contribution in [0.25, 0.3) is 10.8 Å². The van der Waals surface area contributed by atoms with Gasteiger partial charge in [0.1, 0.15) is 5.82 Å². The second-order valence-corrected chi connectivity index (χ2v) is 6.47. The van der Waals surface area contributed by atoms with Crippen molar-refractivity contribution in [2.75, 3.05) is 4.90 Å². The van der Waals surface area contributed by atoms with Gasteiger partial charge in [-0.1, -0.05) is 78.9 Å². The molecule has 1 heterocycles. The zero-order valence-corrected chi connectivity index (χ0v) is 15.0. The molecule has 1 aromatic heterocycles. The second-order valence-electron chi connectivity index (χ2n) is 6.47. The Hall–Kier alpha value is -3.46. The zero-order valence-electron chi connectivity index (χ0n) is 15.0. The molecule has 3 heteroatoms. The van der Waals surface area contributed by atoms with Crippen LogP contribution in [0.3, 0.4) is 0 Å². The van der Waals surface area contributed by atoms with Gasteiger partial charge in [-0.05, 0) is 34.0 Å². The van der Waals surface area contributed by atoms with Crippen LogP contribution in [0.5, 0.6) is 0 Å². The summed E-state index contributed by atoms with van der Waals surface area (Å²) in [5.74, 6) is 0.709. The largest absolute Gasteiger partial charge is 0.292 e. The maximum absolute atomic E-state index is 13.2. The Labute approximate surface area is 158 Å². The molecule has 27 heavy (non-hydrogen) atoms. The molecular formula is C24H20N2O. The Morgan fingerprint density at radius 1 is 0.778 bits per heavy atom. The van der Waals surface area contributed by atoms with Crippen molar-refractivity contribution in [2.45, 2.75) is 13.0 Å². The molecule has 0 spiro atoms. The average molecular weight is 352 g/mol. The summed E-state index contributed by atoms with van der Waals surface area (Å²) in [5.41, 5.74) is 2.11. The molecule has 0 aliphatic rings. The zero-order chi connectivity index (χ0) is 18.5. The van der Waals surface area contributed by atoms with Gasteiger partial charge in [-0.15, -0.1) is 0 Å². The lowest BCUT2D eigenvalue weighted by Gasteiger charge is -2.22. The SMILES string of the molecule is O=C(Cc1cccc2ccccc12)N(Cc1ccccc1)c1ccccn1. The van der Waals surface area contributed by atoms with Crippen LogP contribution in [0.15, 0.2) is 97.2 Å². The Morgan fingerprint density at radius 2 is 1.52 bits per heavy atom. The molecule has 0 aliphatic carbocycles. The van der Waals surface area contributed by atoms with Crippen LogP contribution in [-0.4, -0.2) is 10.9 Å². The topological polar surface area (TPSA) is 33.2 Å². The standard InChI is InChI=1S/C24H20N2O/c27-24(17-21-13-8-12-20-11-4-5-14-22(20)21)26(23-15-6-7-16-25-23)18-19-9-2-1-3-10-19/h1-16H,17-18H2. The number of hydrogen-bond donors (Lipinski definition) is 0. The second kappa shape index (κ2) is 7.83.